The molecular weight excluding hydrogens is 657 g/mol. The molecule has 1 nitrogen and oxygen atoms in total. The van der Waals surface area contributed by atoms with Crippen LogP contribution in [0.4, 0.5) is 0 Å². The monoisotopic (exact) mass is 684 g/mol. The second-order valence-electron chi connectivity index (χ2n) is 13.3. The minimum atomic E-state index is 0.920. The van der Waals surface area contributed by atoms with Crippen molar-refractivity contribution in [3.05, 3.63) is 170 Å². The van der Waals surface area contributed by atoms with E-state index in [0.717, 1.165) is 21.9 Å². The Bertz CT molecular complexity index is 3000. The summed E-state index contributed by atoms with van der Waals surface area (Å²) in [5.41, 5.74) is 11.5. The summed E-state index contributed by atoms with van der Waals surface area (Å²) < 4.78 is 11.4. The van der Waals surface area contributed by atoms with E-state index in [1.54, 1.807) is 0 Å². The molecule has 3 heteroatoms. The van der Waals surface area contributed by atoms with Gasteiger partial charge >= 0.3 is 0 Å². The number of thiophene rings is 2. The zero-order chi connectivity index (χ0) is 33.5. The summed E-state index contributed by atoms with van der Waals surface area (Å²) in [6, 6.07) is 62.3. The fourth-order valence-corrected chi connectivity index (χ4v) is 9.87. The van der Waals surface area contributed by atoms with Crippen LogP contribution in [0.3, 0.4) is 0 Å². The number of hydrogen-bond donors (Lipinski definition) is 0. The highest BCUT2D eigenvalue weighted by Gasteiger charge is 2.13. The Morgan fingerprint density at radius 2 is 0.647 bits per heavy atom. The van der Waals surface area contributed by atoms with E-state index in [1.165, 1.54) is 84.9 Å². The van der Waals surface area contributed by atoms with Crippen molar-refractivity contribution in [1.82, 2.24) is 0 Å². The molecule has 0 spiro atoms. The van der Waals surface area contributed by atoms with Crippen LogP contribution >= 0.6 is 22.7 Å². The van der Waals surface area contributed by atoms with Crippen LogP contribution in [0.2, 0.25) is 0 Å². The first-order valence-corrected chi connectivity index (χ1v) is 18.9. The smallest absolute Gasteiger partial charge is 0.135 e. The van der Waals surface area contributed by atoms with Gasteiger partial charge in [-0.25, -0.2) is 0 Å². The van der Waals surface area contributed by atoms with Crippen LogP contribution in [0.25, 0.3) is 107 Å². The summed E-state index contributed by atoms with van der Waals surface area (Å²) >= 11 is 3.73. The van der Waals surface area contributed by atoms with Crippen molar-refractivity contribution < 1.29 is 4.42 Å². The fraction of sp³-hybridized carbons (Fsp3) is 0. The molecule has 0 atom stereocenters. The Hall–Kier alpha value is -6.00. The minimum absolute atomic E-state index is 0.920. The predicted octanol–water partition coefficient (Wildman–Crippen LogP) is 15.0. The molecule has 0 bridgehead atoms. The maximum absolute atomic E-state index is 6.10. The van der Waals surface area contributed by atoms with Gasteiger partial charge in [0.25, 0.3) is 0 Å². The van der Waals surface area contributed by atoms with Gasteiger partial charge < -0.3 is 4.42 Å². The van der Waals surface area contributed by atoms with Gasteiger partial charge in [0.05, 0.1) is 0 Å². The van der Waals surface area contributed by atoms with Crippen LogP contribution in [-0.2, 0) is 0 Å². The van der Waals surface area contributed by atoms with Crippen molar-refractivity contribution in [2.45, 2.75) is 0 Å². The van der Waals surface area contributed by atoms with E-state index in [4.69, 9.17) is 4.42 Å². The van der Waals surface area contributed by atoms with E-state index < -0.39 is 0 Å². The lowest BCUT2D eigenvalue weighted by atomic mass is 9.91. The Morgan fingerprint density at radius 1 is 0.255 bits per heavy atom. The molecule has 0 aliphatic heterocycles. The zero-order valence-corrected chi connectivity index (χ0v) is 29.0. The number of furan rings is 1. The molecule has 3 aromatic heterocycles. The number of fused-ring (bicyclic) bond motifs is 9. The minimum Gasteiger partial charge on any atom is -0.456 e. The van der Waals surface area contributed by atoms with Crippen molar-refractivity contribution in [3.63, 3.8) is 0 Å². The van der Waals surface area contributed by atoms with Gasteiger partial charge in [-0.1, -0.05) is 97.1 Å². The van der Waals surface area contributed by atoms with Crippen LogP contribution in [-0.4, -0.2) is 0 Å². The van der Waals surface area contributed by atoms with E-state index in [-0.39, 0.29) is 0 Å². The predicted molar refractivity (Wildman–Crippen MR) is 221 cm³/mol. The van der Waals surface area contributed by atoms with E-state index >= 15 is 0 Å². The molecule has 0 aliphatic carbocycles. The maximum Gasteiger partial charge on any atom is 0.135 e. The first-order chi connectivity index (χ1) is 25.2. The standard InChI is InChI=1S/C48H28OS2/c1-4-10-43-37(7-1)40-26-31(17-20-44(40)49-43)29-13-15-30(16-14-29)34-23-35(32-18-21-47-41(27-32)38-8-2-5-11-45(38)50-47)25-36(24-34)33-19-22-48-42(28-33)39-9-3-6-12-46(39)51-48/h1-28H. The van der Waals surface area contributed by atoms with Gasteiger partial charge in [-0.3, -0.25) is 0 Å². The summed E-state index contributed by atoms with van der Waals surface area (Å²) in [7, 11) is 0. The number of hydrogen-bond acceptors (Lipinski definition) is 3. The quantitative estimate of drug-likeness (QED) is 0.180. The van der Waals surface area contributed by atoms with Crippen LogP contribution in [0, 0.1) is 0 Å². The maximum atomic E-state index is 6.10. The van der Waals surface area contributed by atoms with Crippen LogP contribution in [0.15, 0.2) is 174 Å². The van der Waals surface area contributed by atoms with Crippen LogP contribution in [0.5, 0.6) is 0 Å². The van der Waals surface area contributed by atoms with Gasteiger partial charge in [0, 0.05) is 51.1 Å². The topological polar surface area (TPSA) is 13.1 Å². The lowest BCUT2D eigenvalue weighted by molar-refractivity contribution is 0.669. The van der Waals surface area contributed by atoms with Gasteiger partial charge in [0.2, 0.25) is 0 Å². The molecule has 0 radical (unpaired) electrons. The third-order valence-electron chi connectivity index (χ3n) is 10.3. The molecule has 0 aliphatic rings. The van der Waals surface area contributed by atoms with E-state index in [1.807, 2.05) is 34.8 Å². The van der Waals surface area contributed by atoms with Crippen molar-refractivity contribution >= 4 is 85.0 Å². The molecule has 0 saturated carbocycles. The molecule has 0 amide bonds. The van der Waals surface area contributed by atoms with E-state index in [0.29, 0.717) is 0 Å². The van der Waals surface area contributed by atoms with Gasteiger partial charge in [0.15, 0.2) is 0 Å². The molecule has 0 N–H and O–H groups in total. The number of benzene rings is 8. The Morgan fingerprint density at radius 3 is 1.25 bits per heavy atom. The third kappa shape index (κ3) is 4.74. The van der Waals surface area contributed by atoms with Gasteiger partial charge in [-0.2, -0.15) is 0 Å². The first kappa shape index (κ1) is 28.8. The van der Waals surface area contributed by atoms with Crippen molar-refractivity contribution in [2.24, 2.45) is 0 Å². The SMILES string of the molecule is c1ccc2c(c1)oc1ccc(-c3ccc(-c4cc(-c5ccc6sc7ccccc7c6c5)cc(-c5ccc6sc7ccccc7c6c5)c4)cc3)cc12. The Kier molecular flexibility index (Phi) is 6.36. The van der Waals surface area contributed by atoms with Gasteiger partial charge in [-0.05, 0) is 117 Å². The van der Waals surface area contributed by atoms with Crippen LogP contribution in [0.1, 0.15) is 0 Å². The summed E-state index contributed by atoms with van der Waals surface area (Å²) in [6.45, 7) is 0. The van der Waals surface area contributed by atoms with Gasteiger partial charge in [0.1, 0.15) is 11.2 Å². The molecule has 0 unspecified atom stereocenters. The lowest BCUT2D eigenvalue weighted by Gasteiger charge is -2.13. The Labute approximate surface area is 302 Å². The largest absolute Gasteiger partial charge is 0.456 e. The van der Waals surface area contributed by atoms with Crippen LogP contribution < -0.4 is 0 Å². The molecule has 11 rings (SSSR count). The molecule has 0 saturated heterocycles. The van der Waals surface area contributed by atoms with Crippen molar-refractivity contribution in [2.75, 3.05) is 0 Å². The van der Waals surface area contributed by atoms with E-state index in [9.17, 15) is 0 Å². The molecule has 51 heavy (non-hydrogen) atoms. The second kappa shape index (κ2) is 11.3. The summed E-state index contributed by atoms with van der Waals surface area (Å²) in [5.74, 6) is 0. The normalized spacial score (nSPS) is 11.9. The highest BCUT2D eigenvalue weighted by molar-refractivity contribution is 7.26. The lowest BCUT2D eigenvalue weighted by Crippen LogP contribution is -1.87. The zero-order valence-electron chi connectivity index (χ0n) is 27.4. The molecule has 8 aromatic carbocycles. The molecule has 11 aromatic rings. The number of rotatable bonds is 4. The van der Waals surface area contributed by atoms with E-state index in [2.05, 4.69) is 158 Å². The first-order valence-electron chi connectivity index (χ1n) is 17.2. The summed E-state index contributed by atoms with van der Waals surface area (Å²) in [6.07, 6.45) is 0. The average Bonchev–Trinajstić information content (AvgIpc) is 3.88. The molecule has 238 valence electrons. The van der Waals surface area contributed by atoms with Crippen molar-refractivity contribution in [1.29, 1.82) is 0 Å². The average molecular weight is 685 g/mol. The van der Waals surface area contributed by atoms with Gasteiger partial charge in [-0.15, -0.1) is 22.7 Å². The highest BCUT2D eigenvalue weighted by atomic mass is 32.1. The molecule has 3 heterocycles. The summed E-state index contributed by atoms with van der Waals surface area (Å²) in [5, 5.41) is 7.58. The molecular formula is C48H28OS2. The Balaban J connectivity index is 1.05. The third-order valence-corrected chi connectivity index (χ3v) is 12.6. The second-order valence-corrected chi connectivity index (χ2v) is 15.5. The van der Waals surface area contributed by atoms with Crippen molar-refractivity contribution in [3.8, 4) is 44.5 Å². The number of para-hydroxylation sites is 1. The highest BCUT2D eigenvalue weighted by Crippen LogP contribution is 2.41. The fourth-order valence-electron chi connectivity index (χ4n) is 7.70. The summed E-state index contributed by atoms with van der Waals surface area (Å²) in [4.78, 5) is 0. The molecule has 0 fully saturated rings.